The van der Waals surface area contributed by atoms with Gasteiger partial charge in [0.05, 0.1) is 11.8 Å². The summed E-state index contributed by atoms with van der Waals surface area (Å²) in [5, 5.41) is 0. The zero-order valence-electron chi connectivity index (χ0n) is 9.88. The molecule has 1 aromatic carbocycles. The van der Waals surface area contributed by atoms with Crippen molar-refractivity contribution in [3.8, 4) is 0 Å². The Morgan fingerprint density at radius 1 is 1.22 bits per heavy atom. The van der Waals surface area contributed by atoms with Gasteiger partial charge < -0.3 is 14.3 Å². The van der Waals surface area contributed by atoms with Gasteiger partial charge in [0.15, 0.2) is 5.58 Å². The molecule has 4 nitrogen and oxygen atoms in total. The minimum Gasteiger partial charge on any atom is -0.463 e. The van der Waals surface area contributed by atoms with Gasteiger partial charge in [-0.3, -0.25) is 4.79 Å². The summed E-state index contributed by atoms with van der Waals surface area (Å²) in [5.41, 5.74) is 2.91. The van der Waals surface area contributed by atoms with E-state index in [1.165, 1.54) is 0 Å². The molecule has 0 atom stereocenters. The third-order valence-electron chi connectivity index (χ3n) is 2.92. The highest BCUT2D eigenvalue weighted by Gasteiger charge is 2.16. The Bertz CT molecular complexity index is 653. The molecular weight excluding hydrogens is 228 g/mol. The monoisotopic (exact) mass is 240 g/mol. The molecule has 18 heavy (non-hydrogen) atoms. The molecule has 3 aromatic rings. The molecular formula is C14H12N2O2. The number of rotatable bonds is 2. The molecule has 4 heteroatoms. The number of anilines is 1. The van der Waals surface area contributed by atoms with Gasteiger partial charge in [-0.1, -0.05) is 18.2 Å². The summed E-state index contributed by atoms with van der Waals surface area (Å²) in [6.45, 7) is 0. The Hall–Kier alpha value is -2.49. The number of aromatic amines is 1. The van der Waals surface area contributed by atoms with Gasteiger partial charge in [-0.25, -0.2) is 0 Å². The molecule has 1 amide bonds. The van der Waals surface area contributed by atoms with Crippen LogP contribution in [0.5, 0.6) is 0 Å². The second-order valence-corrected chi connectivity index (χ2v) is 4.08. The summed E-state index contributed by atoms with van der Waals surface area (Å²) in [5.74, 6) is -0.0902. The van der Waals surface area contributed by atoms with E-state index in [9.17, 15) is 4.79 Å². The number of benzene rings is 1. The summed E-state index contributed by atoms with van der Waals surface area (Å²) in [6.07, 6.45) is 1.59. The highest BCUT2D eigenvalue weighted by atomic mass is 16.3. The fraction of sp³-hybridized carbons (Fsp3) is 0.0714. The van der Waals surface area contributed by atoms with Crippen LogP contribution in [0.15, 0.2) is 53.1 Å². The first-order valence-electron chi connectivity index (χ1n) is 5.65. The molecule has 0 unspecified atom stereocenters. The number of fused-ring (bicyclic) bond motifs is 1. The number of nitrogens with zero attached hydrogens (tertiary/aromatic N) is 1. The topological polar surface area (TPSA) is 49.2 Å². The molecule has 0 bridgehead atoms. The lowest BCUT2D eigenvalue weighted by molar-refractivity contribution is 0.0989. The molecule has 90 valence electrons. The van der Waals surface area contributed by atoms with Crippen LogP contribution in [-0.2, 0) is 0 Å². The van der Waals surface area contributed by atoms with Crippen LogP contribution in [0.4, 0.5) is 5.69 Å². The maximum absolute atomic E-state index is 12.3. The van der Waals surface area contributed by atoms with E-state index in [0.29, 0.717) is 11.3 Å². The van der Waals surface area contributed by atoms with Gasteiger partial charge in [0.1, 0.15) is 5.69 Å². The zero-order valence-corrected chi connectivity index (χ0v) is 9.88. The van der Waals surface area contributed by atoms with Crippen LogP contribution >= 0.6 is 0 Å². The fourth-order valence-corrected chi connectivity index (χ4v) is 1.91. The Morgan fingerprint density at radius 3 is 2.72 bits per heavy atom. The molecule has 2 aromatic heterocycles. The van der Waals surface area contributed by atoms with E-state index in [1.807, 2.05) is 30.3 Å². The van der Waals surface area contributed by atoms with Gasteiger partial charge in [0.25, 0.3) is 5.91 Å². The van der Waals surface area contributed by atoms with Crippen molar-refractivity contribution < 1.29 is 9.21 Å². The number of furan rings is 1. The average molecular weight is 240 g/mol. The number of amides is 1. The molecule has 0 aliphatic rings. The van der Waals surface area contributed by atoms with Gasteiger partial charge >= 0.3 is 0 Å². The van der Waals surface area contributed by atoms with E-state index in [2.05, 4.69) is 4.98 Å². The summed E-state index contributed by atoms with van der Waals surface area (Å²) in [4.78, 5) is 16.9. The molecule has 2 heterocycles. The van der Waals surface area contributed by atoms with Crippen LogP contribution in [0.2, 0.25) is 0 Å². The first-order chi connectivity index (χ1) is 8.75. The molecule has 0 fully saturated rings. The molecule has 0 aliphatic carbocycles. The van der Waals surface area contributed by atoms with E-state index in [4.69, 9.17) is 4.42 Å². The molecule has 0 saturated heterocycles. The van der Waals surface area contributed by atoms with Crippen molar-refractivity contribution in [3.63, 3.8) is 0 Å². The van der Waals surface area contributed by atoms with Crippen LogP contribution in [0, 0.1) is 0 Å². The maximum atomic E-state index is 12.3. The Balaban J connectivity index is 1.93. The minimum atomic E-state index is -0.0902. The van der Waals surface area contributed by atoms with Crippen molar-refractivity contribution in [3.05, 3.63) is 54.4 Å². The van der Waals surface area contributed by atoms with Crippen molar-refractivity contribution in [1.82, 2.24) is 4.98 Å². The second-order valence-electron chi connectivity index (χ2n) is 4.08. The van der Waals surface area contributed by atoms with Crippen molar-refractivity contribution in [2.75, 3.05) is 11.9 Å². The normalized spacial score (nSPS) is 10.7. The lowest BCUT2D eigenvalue weighted by Crippen LogP contribution is -2.26. The number of aromatic nitrogens is 1. The molecule has 0 radical (unpaired) electrons. The zero-order chi connectivity index (χ0) is 12.5. The first-order valence-corrected chi connectivity index (χ1v) is 5.65. The van der Waals surface area contributed by atoms with Gasteiger partial charge in [0.2, 0.25) is 0 Å². The van der Waals surface area contributed by atoms with E-state index < -0.39 is 0 Å². The Labute approximate surface area is 104 Å². The summed E-state index contributed by atoms with van der Waals surface area (Å²) in [6, 6.07) is 13.0. The summed E-state index contributed by atoms with van der Waals surface area (Å²) in [7, 11) is 1.75. The third kappa shape index (κ3) is 1.68. The molecule has 3 rings (SSSR count). The Morgan fingerprint density at radius 2 is 2.00 bits per heavy atom. The number of hydrogen-bond donors (Lipinski definition) is 1. The average Bonchev–Trinajstić information content (AvgIpc) is 2.99. The standard InChI is InChI=1S/C14H12N2O2/c1-16(10-5-3-2-4-6-10)14(17)12-9-13-11(15-12)7-8-18-13/h2-9,15H,1H3. The smallest absolute Gasteiger partial charge is 0.274 e. The SMILES string of the molecule is CN(C(=O)c1cc2occc2[nH]1)c1ccccc1. The van der Waals surface area contributed by atoms with Crippen LogP contribution < -0.4 is 4.90 Å². The quantitative estimate of drug-likeness (QED) is 0.748. The fourth-order valence-electron chi connectivity index (χ4n) is 1.91. The van der Waals surface area contributed by atoms with Crippen LogP contribution in [0.3, 0.4) is 0 Å². The Kier molecular flexibility index (Phi) is 2.41. The number of carbonyl (C=O) groups excluding carboxylic acids is 1. The highest BCUT2D eigenvalue weighted by Crippen LogP contribution is 2.19. The van der Waals surface area contributed by atoms with E-state index in [-0.39, 0.29) is 5.91 Å². The maximum Gasteiger partial charge on any atom is 0.274 e. The summed E-state index contributed by atoms with van der Waals surface area (Å²) >= 11 is 0. The largest absolute Gasteiger partial charge is 0.463 e. The lowest BCUT2D eigenvalue weighted by atomic mass is 10.3. The van der Waals surface area contributed by atoms with Crippen molar-refractivity contribution in [2.45, 2.75) is 0 Å². The van der Waals surface area contributed by atoms with Gasteiger partial charge in [-0.15, -0.1) is 0 Å². The van der Waals surface area contributed by atoms with E-state index in [1.54, 1.807) is 30.3 Å². The predicted molar refractivity (Wildman–Crippen MR) is 69.7 cm³/mol. The number of carbonyl (C=O) groups is 1. The summed E-state index contributed by atoms with van der Waals surface area (Å²) < 4.78 is 5.23. The third-order valence-corrected chi connectivity index (χ3v) is 2.92. The van der Waals surface area contributed by atoms with E-state index in [0.717, 1.165) is 11.2 Å². The van der Waals surface area contributed by atoms with Gasteiger partial charge in [0, 0.05) is 24.9 Å². The van der Waals surface area contributed by atoms with Crippen LogP contribution in [0.25, 0.3) is 11.1 Å². The number of nitrogens with one attached hydrogen (secondary N) is 1. The minimum absolute atomic E-state index is 0.0902. The van der Waals surface area contributed by atoms with E-state index >= 15 is 0 Å². The molecule has 0 saturated carbocycles. The van der Waals surface area contributed by atoms with Crippen molar-refractivity contribution >= 4 is 22.7 Å². The molecule has 0 spiro atoms. The lowest BCUT2D eigenvalue weighted by Gasteiger charge is -2.16. The van der Waals surface area contributed by atoms with Crippen LogP contribution in [-0.4, -0.2) is 17.9 Å². The first kappa shape index (κ1) is 10.7. The second kappa shape index (κ2) is 4.07. The number of hydrogen-bond acceptors (Lipinski definition) is 2. The van der Waals surface area contributed by atoms with Gasteiger partial charge in [-0.2, -0.15) is 0 Å². The molecule has 0 aliphatic heterocycles. The van der Waals surface area contributed by atoms with Gasteiger partial charge in [-0.05, 0) is 12.1 Å². The highest BCUT2D eigenvalue weighted by molar-refractivity contribution is 6.06. The predicted octanol–water partition coefficient (Wildman–Crippen LogP) is 3.04. The van der Waals surface area contributed by atoms with Crippen molar-refractivity contribution in [1.29, 1.82) is 0 Å². The number of para-hydroxylation sites is 1. The number of H-pyrrole nitrogens is 1. The molecule has 1 N–H and O–H groups in total. The van der Waals surface area contributed by atoms with Crippen LogP contribution in [0.1, 0.15) is 10.5 Å². The van der Waals surface area contributed by atoms with Crippen molar-refractivity contribution in [2.24, 2.45) is 0 Å².